The van der Waals surface area contributed by atoms with Crippen LogP contribution in [0, 0.1) is 10.1 Å². The number of imidazole rings is 1. The summed E-state index contributed by atoms with van der Waals surface area (Å²) in [6, 6.07) is 10.9. The van der Waals surface area contributed by atoms with E-state index in [1.165, 1.54) is 12.1 Å². The second-order valence-corrected chi connectivity index (χ2v) is 7.86. The fraction of sp³-hybridized carbons (Fsp3) is 0.200. The minimum atomic E-state index is -1.26. The quantitative estimate of drug-likeness (QED) is 0.170. The highest BCUT2D eigenvalue weighted by molar-refractivity contribution is 6.35. The van der Waals surface area contributed by atoms with E-state index >= 15 is 0 Å². The Kier molecular flexibility index (Phi) is 10.7. The molecule has 0 aliphatic heterocycles. The van der Waals surface area contributed by atoms with Gasteiger partial charge in [-0.1, -0.05) is 37.6 Å². The Morgan fingerprint density at radius 2 is 1.68 bits per heavy atom. The van der Waals surface area contributed by atoms with Crippen LogP contribution in [0.5, 0.6) is 0 Å². The number of non-ortho nitro benzene ring substituents is 1. The number of aromatic nitrogens is 2. The molecule has 11 nitrogen and oxygen atoms in total. The monoisotopic (exact) mass is 528 g/mol. The Labute approximate surface area is 217 Å². The molecular formula is C25H25ClN4O7. The van der Waals surface area contributed by atoms with E-state index in [2.05, 4.69) is 23.7 Å². The van der Waals surface area contributed by atoms with Crippen LogP contribution in [-0.4, -0.2) is 60.4 Å². The summed E-state index contributed by atoms with van der Waals surface area (Å²) in [5.41, 5.74) is 0.863. The molecule has 3 aromatic rings. The summed E-state index contributed by atoms with van der Waals surface area (Å²) in [7, 11) is 0. The number of rotatable bonds is 10. The number of ketones is 1. The Morgan fingerprint density at radius 3 is 2.22 bits per heavy atom. The van der Waals surface area contributed by atoms with Gasteiger partial charge in [-0.2, -0.15) is 0 Å². The molecule has 1 aromatic heterocycles. The van der Waals surface area contributed by atoms with Gasteiger partial charge in [-0.15, -0.1) is 0 Å². The van der Waals surface area contributed by atoms with E-state index in [1.54, 1.807) is 47.3 Å². The van der Waals surface area contributed by atoms with Gasteiger partial charge in [0.1, 0.15) is 5.82 Å². The molecule has 0 aliphatic rings. The number of nitrogens with zero attached hydrogens (tertiary/aromatic N) is 4. The van der Waals surface area contributed by atoms with Crippen molar-refractivity contribution < 1.29 is 29.5 Å². The normalized spacial score (nSPS) is 10.7. The van der Waals surface area contributed by atoms with Crippen LogP contribution >= 0.6 is 11.6 Å². The third kappa shape index (κ3) is 8.09. The average Bonchev–Trinajstić information content (AvgIpc) is 3.33. The van der Waals surface area contributed by atoms with Crippen molar-refractivity contribution in [1.82, 2.24) is 14.5 Å². The predicted octanol–water partition coefficient (Wildman–Crippen LogP) is 4.22. The smallest absolute Gasteiger partial charge is 0.328 e. The summed E-state index contributed by atoms with van der Waals surface area (Å²) >= 11 is 6.21. The summed E-state index contributed by atoms with van der Waals surface area (Å²) in [6.45, 7) is 6.44. The first-order valence-corrected chi connectivity index (χ1v) is 11.4. The van der Waals surface area contributed by atoms with Gasteiger partial charge in [-0.3, -0.25) is 19.8 Å². The van der Waals surface area contributed by atoms with E-state index in [-0.39, 0.29) is 17.0 Å². The standard InChI is InChI=1S/C21H21ClN4O3.C4H4O4/c1-3-24(4-2)14-20-23-11-12-25(20)19-10-9-15(26(28)29)13-17(19)21(27)16-7-5-6-8-18(16)22;5-3(6)1-2-4(7)8/h5-13H,3-4,14H2,1-2H3;1-2H,(H,5,6)(H,7,8)/b;2-1+. The van der Waals surface area contributed by atoms with Crippen molar-refractivity contribution in [2.24, 2.45) is 0 Å². The number of carbonyl (C=O) groups is 3. The van der Waals surface area contributed by atoms with Crippen LogP contribution in [0.3, 0.4) is 0 Å². The lowest BCUT2D eigenvalue weighted by molar-refractivity contribution is -0.384. The first kappa shape index (κ1) is 28.9. The number of carbonyl (C=O) groups excluding carboxylic acids is 1. The minimum absolute atomic E-state index is 0.158. The molecular weight excluding hydrogens is 504 g/mol. The van der Waals surface area contributed by atoms with Gasteiger partial charge in [0.05, 0.1) is 27.7 Å². The zero-order valence-corrected chi connectivity index (χ0v) is 20.8. The number of nitro benzene ring substituents is 1. The maximum Gasteiger partial charge on any atom is 0.328 e. The molecule has 37 heavy (non-hydrogen) atoms. The Bertz CT molecular complexity index is 1300. The Morgan fingerprint density at radius 1 is 1.05 bits per heavy atom. The third-order valence-corrected chi connectivity index (χ3v) is 5.49. The molecule has 0 amide bonds. The van der Waals surface area contributed by atoms with Gasteiger partial charge in [-0.05, 0) is 31.3 Å². The van der Waals surface area contributed by atoms with E-state index in [1.807, 2.05) is 0 Å². The van der Waals surface area contributed by atoms with Crippen molar-refractivity contribution in [1.29, 1.82) is 0 Å². The number of halogens is 1. The molecule has 194 valence electrons. The van der Waals surface area contributed by atoms with Gasteiger partial charge >= 0.3 is 11.9 Å². The van der Waals surface area contributed by atoms with E-state index in [0.717, 1.165) is 18.9 Å². The predicted molar refractivity (Wildman–Crippen MR) is 136 cm³/mol. The van der Waals surface area contributed by atoms with Crippen LogP contribution in [0.25, 0.3) is 5.69 Å². The van der Waals surface area contributed by atoms with Crippen LogP contribution in [0.1, 0.15) is 35.6 Å². The van der Waals surface area contributed by atoms with Crippen LogP contribution in [0.15, 0.2) is 67.0 Å². The molecule has 2 N–H and O–H groups in total. The summed E-state index contributed by atoms with van der Waals surface area (Å²) in [5, 5.41) is 27.2. The van der Waals surface area contributed by atoms with Crippen molar-refractivity contribution in [2.75, 3.05) is 13.1 Å². The van der Waals surface area contributed by atoms with Crippen molar-refractivity contribution in [3.05, 3.63) is 99.1 Å². The maximum absolute atomic E-state index is 13.3. The lowest BCUT2D eigenvalue weighted by atomic mass is 10.0. The molecule has 0 fully saturated rings. The molecule has 1 heterocycles. The van der Waals surface area contributed by atoms with E-state index < -0.39 is 16.9 Å². The van der Waals surface area contributed by atoms with Crippen LogP contribution in [-0.2, 0) is 16.1 Å². The van der Waals surface area contributed by atoms with Crippen LogP contribution in [0.2, 0.25) is 5.02 Å². The van der Waals surface area contributed by atoms with Crippen LogP contribution in [0.4, 0.5) is 5.69 Å². The molecule has 3 rings (SSSR count). The maximum atomic E-state index is 13.3. The lowest BCUT2D eigenvalue weighted by Gasteiger charge is -2.19. The van der Waals surface area contributed by atoms with Gasteiger partial charge < -0.3 is 14.8 Å². The highest BCUT2D eigenvalue weighted by Gasteiger charge is 2.22. The first-order chi connectivity index (χ1) is 17.6. The summed E-state index contributed by atoms with van der Waals surface area (Å²) in [4.78, 5) is 49.8. The molecule has 0 aliphatic carbocycles. The van der Waals surface area contributed by atoms with E-state index in [0.29, 0.717) is 35.0 Å². The fourth-order valence-corrected chi connectivity index (χ4v) is 3.50. The number of carboxylic acids is 2. The molecule has 0 atom stereocenters. The molecule has 0 spiro atoms. The van der Waals surface area contributed by atoms with Crippen molar-refractivity contribution >= 4 is 35.0 Å². The number of benzene rings is 2. The van der Waals surface area contributed by atoms with Gasteiger partial charge in [0.25, 0.3) is 5.69 Å². The largest absolute Gasteiger partial charge is 0.478 e. The van der Waals surface area contributed by atoms with Gasteiger partial charge in [0.2, 0.25) is 0 Å². The summed E-state index contributed by atoms with van der Waals surface area (Å²) < 4.78 is 1.80. The van der Waals surface area contributed by atoms with E-state index in [9.17, 15) is 24.5 Å². The van der Waals surface area contributed by atoms with E-state index in [4.69, 9.17) is 21.8 Å². The molecule has 0 bridgehead atoms. The second kappa shape index (κ2) is 13.7. The molecule has 12 heteroatoms. The average molecular weight is 529 g/mol. The molecule has 0 saturated heterocycles. The third-order valence-electron chi connectivity index (χ3n) is 5.16. The Balaban J connectivity index is 0.000000521. The van der Waals surface area contributed by atoms with Gasteiger partial charge in [0, 0.05) is 42.2 Å². The molecule has 2 aromatic carbocycles. The zero-order valence-electron chi connectivity index (χ0n) is 20.1. The van der Waals surface area contributed by atoms with Gasteiger partial charge in [-0.25, -0.2) is 14.6 Å². The minimum Gasteiger partial charge on any atom is -0.478 e. The van der Waals surface area contributed by atoms with Crippen molar-refractivity contribution in [3.8, 4) is 5.69 Å². The summed E-state index contributed by atoms with van der Waals surface area (Å²) in [5.74, 6) is -2.15. The summed E-state index contributed by atoms with van der Waals surface area (Å²) in [6.07, 6.45) is 4.53. The van der Waals surface area contributed by atoms with Crippen molar-refractivity contribution in [2.45, 2.75) is 20.4 Å². The fourth-order valence-electron chi connectivity index (χ4n) is 3.28. The zero-order chi connectivity index (χ0) is 27.5. The number of hydrogen-bond acceptors (Lipinski definition) is 7. The highest BCUT2D eigenvalue weighted by Crippen LogP contribution is 2.27. The molecule has 0 radical (unpaired) electrons. The van der Waals surface area contributed by atoms with Crippen molar-refractivity contribution in [3.63, 3.8) is 0 Å². The number of hydrogen-bond donors (Lipinski definition) is 2. The van der Waals surface area contributed by atoms with Crippen LogP contribution < -0.4 is 0 Å². The first-order valence-electron chi connectivity index (χ1n) is 11.1. The number of aliphatic carboxylic acids is 2. The second-order valence-electron chi connectivity index (χ2n) is 7.45. The van der Waals surface area contributed by atoms with Gasteiger partial charge in [0.15, 0.2) is 5.78 Å². The lowest BCUT2D eigenvalue weighted by Crippen LogP contribution is -2.24. The molecule has 0 unspecified atom stereocenters. The molecule has 0 saturated carbocycles. The Hall–Kier alpha value is -4.35. The number of nitro groups is 1. The SMILES string of the molecule is CCN(CC)Cc1nccn1-c1ccc([N+](=O)[O-])cc1C(=O)c1ccccc1Cl.O=C(O)/C=C/C(=O)O. The highest BCUT2D eigenvalue weighted by atomic mass is 35.5. The number of carboxylic acid groups (broad SMARTS) is 2. The topological polar surface area (TPSA) is 156 Å².